The molecule has 0 unspecified atom stereocenters. The first-order valence-electron chi connectivity index (χ1n) is 7.58. The Bertz CT molecular complexity index is 667. The predicted octanol–water partition coefficient (Wildman–Crippen LogP) is 2.03. The first kappa shape index (κ1) is 19.2. The number of carbonyl (C=O) groups is 2. The zero-order chi connectivity index (χ0) is 17.5. The van der Waals surface area contributed by atoms with Crippen LogP contribution in [0.15, 0.2) is 23.1 Å². The van der Waals surface area contributed by atoms with Gasteiger partial charge in [0.1, 0.15) is 0 Å². The number of sulfone groups is 1. The molecule has 0 bridgehead atoms. The third kappa shape index (κ3) is 6.40. The lowest BCUT2D eigenvalue weighted by Gasteiger charge is -2.09. The van der Waals surface area contributed by atoms with Crippen LogP contribution in [0.5, 0.6) is 0 Å². The zero-order valence-corrected chi connectivity index (χ0v) is 14.3. The molecule has 0 aliphatic rings. The quantitative estimate of drug-likeness (QED) is 0.669. The maximum Gasteiger partial charge on any atom is 0.303 e. The third-order valence-electron chi connectivity index (χ3n) is 3.46. The number of carboxylic acids is 1. The molecular weight excluding hydrogens is 318 g/mol. The van der Waals surface area contributed by atoms with Crippen molar-refractivity contribution in [2.75, 3.05) is 12.8 Å². The molecule has 7 heteroatoms. The topological polar surface area (TPSA) is 101 Å². The van der Waals surface area contributed by atoms with Crippen molar-refractivity contribution < 1.29 is 23.1 Å². The fourth-order valence-electron chi connectivity index (χ4n) is 2.22. The van der Waals surface area contributed by atoms with Gasteiger partial charge in [-0.05, 0) is 37.0 Å². The standard InChI is InChI=1S/C16H23NO5S/c1-3-12-8-9-13(11-14(12)23(2,21)22)16(20)17-10-6-4-5-7-15(18)19/h8-9,11H,3-7,10H2,1-2H3,(H,17,20)(H,18,19). The van der Waals surface area contributed by atoms with E-state index < -0.39 is 15.8 Å². The van der Waals surface area contributed by atoms with Crippen LogP contribution in [-0.4, -0.2) is 38.2 Å². The van der Waals surface area contributed by atoms with E-state index in [9.17, 15) is 18.0 Å². The number of unbranched alkanes of at least 4 members (excludes halogenated alkanes) is 2. The summed E-state index contributed by atoms with van der Waals surface area (Å²) in [4.78, 5) is 22.6. The van der Waals surface area contributed by atoms with Gasteiger partial charge < -0.3 is 10.4 Å². The number of rotatable bonds is 9. The van der Waals surface area contributed by atoms with Gasteiger partial charge in [0.2, 0.25) is 0 Å². The van der Waals surface area contributed by atoms with Crippen molar-refractivity contribution in [1.82, 2.24) is 5.32 Å². The van der Waals surface area contributed by atoms with E-state index >= 15 is 0 Å². The molecule has 128 valence electrons. The molecule has 0 saturated carbocycles. The van der Waals surface area contributed by atoms with Crippen molar-refractivity contribution >= 4 is 21.7 Å². The summed E-state index contributed by atoms with van der Waals surface area (Å²) in [6, 6.07) is 4.69. The number of hydrogen-bond acceptors (Lipinski definition) is 4. The number of aliphatic carboxylic acids is 1. The highest BCUT2D eigenvalue weighted by Gasteiger charge is 2.15. The van der Waals surface area contributed by atoms with Crippen LogP contribution in [0.1, 0.15) is 48.5 Å². The number of nitrogens with one attached hydrogen (secondary N) is 1. The van der Waals surface area contributed by atoms with Gasteiger partial charge in [-0.25, -0.2) is 8.42 Å². The van der Waals surface area contributed by atoms with E-state index in [1.54, 1.807) is 12.1 Å². The second-order valence-electron chi connectivity index (χ2n) is 5.41. The van der Waals surface area contributed by atoms with E-state index in [0.717, 1.165) is 12.7 Å². The van der Waals surface area contributed by atoms with Crippen LogP contribution in [0.4, 0.5) is 0 Å². The zero-order valence-electron chi connectivity index (χ0n) is 13.5. The minimum Gasteiger partial charge on any atom is -0.481 e. The van der Waals surface area contributed by atoms with Crippen molar-refractivity contribution in [3.63, 3.8) is 0 Å². The first-order valence-corrected chi connectivity index (χ1v) is 9.47. The number of aryl methyl sites for hydroxylation is 1. The van der Waals surface area contributed by atoms with E-state index in [1.165, 1.54) is 6.07 Å². The van der Waals surface area contributed by atoms with Crippen LogP contribution in [0, 0.1) is 0 Å². The summed E-state index contributed by atoms with van der Waals surface area (Å²) in [7, 11) is -3.38. The molecule has 0 aliphatic carbocycles. The van der Waals surface area contributed by atoms with Gasteiger partial charge in [0, 0.05) is 24.8 Å². The first-order chi connectivity index (χ1) is 10.8. The second-order valence-corrected chi connectivity index (χ2v) is 7.39. The van der Waals surface area contributed by atoms with E-state index in [2.05, 4.69) is 5.32 Å². The molecule has 0 aromatic heterocycles. The highest BCUT2D eigenvalue weighted by Crippen LogP contribution is 2.18. The Kier molecular flexibility index (Phi) is 7.22. The van der Waals surface area contributed by atoms with E-state index in [1.807, 2.05) is 6.92 Å². The summed E-state index contributed by atoms with van der Waals surface area (Å²) in [5, 5.41) is 11.2. The van der Waals surface area contributed by atoms with Gasteiger partial charge in [0.25, 0.3) is 5.91 Å². The highest BCUT2D eigenvalue weighted by molar-refractivity contribution is 7.90. The molecule has 1 rings (SSSR count). The van der Waals surface area contributed by atoms with Crippen LogP contribution in [0.25, 0.3) is 0 Å². The Morgan fingerprint density at radius 1 is 1.17 bits per heavy atom. The lowest BCUT2D eigenvalue weighted by molar-refractivity contribution is -0.137. The normalized spacial score (nSPS) is 11.2. The summed E-state index contributed by atoms with van der Waals surface area (Å²) in [5.74, 6) is -1.14. The monoisotopic (exact) mass is 341 g/mol. The summed E-state index contributed by atoms with van der Waals surface area (Å²) in [6.45, 7) is 2.29. The molecule has 2 N–H and O–H groups in total. The van der Waals surface area contributed by atoms with Crippen LogP contribution in [0.3, 0.4) is 0 Å². The highest BCUT2D eigenvalue weighted by atomic mass is 32.2. The summed E-state index contributed by atoms with van der Waals surface area (Å²) in [5.41, 5.74) is 1.01. The number of hydrogen-bond donors (Lipinski definition) is 2. The minimum absolute atomic E-state index is 0.129. The number of carboxylic acid groups (broad SMARTS) is 1. The Balaban J connectivity index is 2.62. The van der Waals surface area contributed by atoms with E-state index in [0.29, 0.717) is 36.9 Å². The fraction of sp³-hybridized carbons (Fsp3) is 0.500. The molecule has 1 aromatic carbocycles. The average Bonchev–Trinajstić information content (AvgIpc) is 2.48. The van der Waals surface area contributed by atoms with Gasteiger partial charge in [-0.2, -0.15) is 0 Å². The van der Waals surface area contributed by atoms with Crippen molar-refractivity contribution in [3.8, 4) is 0 Å². The molecule has 1 aromatic rings. The summed E-state index contributed by atoms with van der Waals surface area (Å²) in [6.07, 6.45) is 3.82. The Hall–Kier alpha value is -1.89. The largest absolute Gasteiger partial charge is 0.481 e. The SMILES string of the molecule is CCc1ccc(C(=O)NCCCCCC(=O)O)cc1S(C)(=O)=O. The molecule has 6 nitrogen and oxygen atoms in total. The van der Waals surface area contributed by atoms with Gasteiger partial charge in [0.15, 0.2) is 9.84 Å². The second kappa shape index (κ2) is 8.67. The molecule has 0 spiro atoms. The van der Waals surface area contributed by atoms with Gasteiger partial charge in [-0.3, -0.25) is 9.59 Å². The minimum atomic E-state index is -3.38. The predicted molar refractivity (Wildman–Crippen MR) is 87.4 cm³/mol. The Labute approximate surface area is 136 Å². The van der Waals surface area contributed by atoms with Gasteiger partial charge in [0.05, 0.1) is 4.90 Å². The van der Waals surface area contributed by atoms with Gasteiger partial charge in [-0.15, -0.1) is 0 Å². The van der Waals surface area contributed by atoms with Gasteiger partial charge in [-0.1, -0.05) is 19.4 Å². The van der Waals surface area contributed by atoms with Crippen molar-refractivity contribution in [2.45, 2.75) is 43.9 Å². The van der Waals surface area contributed by atoms with Crippen LogP contribution >= 0.6 is 0 Å². The maximum atomic E-state index is 12.1. The van der Waals surface area contributed by atoms with E-state index in [4.69, 9.17) is 5.11 Å². The van der Waals surface area contributed by atoms with Crippen molar-refractivity contribution in [1.29, 1.82) is 0 Å². The molecule has 0 fully saturated rings. The Morgan fingerprint density at radius 2 is 1.87 bits per heavy atom. The summed E-state index contributed by atoms with van der Waals surface area (Å²) >= 11 is 0. The van der Waals surface area contributed by atoms with Crippen LogP contribution in [0.2, 0.25) is 0 Å². The smallest absolute Gasteiger partial charge is 0.303 e. The summed E-state index contributed by atoms with van der Waals surface area (Å²) < 4.78 is 23.6. The lowest BCUT2D eigenvalue weighted by Crippen LogP contribution is -2.24. The third-order valence-corrected chi connectivity index (χ3v) is 4.64. The lowest BCUT2D eigenvalue weighted by atomic mass is 10.1. The van der Waals surface area contributed by atoms with Crippen LogP contribution in [-0.2, 0) is 21.1 Å². The molecule has 0 radical (unpaired) electrons. The number of benzene rings is 1. The number of amides is 1. The molecule has 0 heterocycles. The maximum absolute atomic E-state index is 12.1. The molecular formula is C16H23NO5S. The Morgan fingerprint density at radius 3 is 2.43 bits per heavy atom. The van der Waals surface area contributed by atoms with Crippen LogP contribution < -0.4 is 5.32 Å². The molecule has 23 heavy (non-hydrogen) atoms. The van der Waals surface area contributed by atoms with E-state index in [-0.39, 0.29) is 17.2 Å². The average molecular weight is 341 g/mol. The molecule has 0 atom stereocenters. The van der Waals surface area contributed by atoms with Crippen molar-refractivity contribution in [2.24, 2.45) is 0 Å². The number of carbonyl (C=O) groups excluding carboxylic acids is 1. The van der Waals surface area contributed by atoms with Gasteiger partial charge >= 0.3 is 5.97 Å². The fourth-order valence-corrected chi connectivity index (χ4v) is 3.24. The molecule has 0 aliphatic heterocycles. The molecule has 0 saturated heterocycles. The van der Waals surface area contributed by atoms with Crippen molar-refractivity contribution in [3.05, 3.63) is 29.3 Å². The molecule has 1 amide bonds.